The van der Waals surface area contributed by atoms with E-state index in [4.69, 9.17) is 14.2 Å². The fourth-order valence-electron chi connectivity index (χ4n) is 5.24. The van der Waals surface area contributed by atoms with Crippen LogP contribution in [0.2, 0.25) is 0 Å². The van der Waals surface area contributed by atoms with Gasteiger partial charge in [0.05, 0.1) is 11.7 Å². The highest BCUT2D eigenvalue weighted by molar-refractivity contribution is 5.97. The lowest BCUT2D eigenvalue weighted by molar-refractivity contribution is -0.00775. The van der Waals surface area contributed by atoms with Crippen molar-refractivity contribution in [3.63, 3.8) is 0 Å². The summed E-state index contributed by atoms with van der Waals surface area (Å²) in [4.78, 5) is 17.9. The molecular weight excluding hydrogens is 380 g/mol. The second-order valence-electron chi connectivity index (χ2n) is 8.79. The van der Waals surface area contributed by atoms with Crippen LogP contribution in [0.25, 0.3) is 0 Å². The molecule has 0 N–H and O–H groups in total. The lowest BCUT2D eigenvalue weighted by Crippen LogP contribution is -2.47. The molecule has 2 atom stereocenters. The van der Waals surface area contributed by atoms with E-state index in [9.17, 15) is 4.79 Å². The quantitative estimate of drug-likeness (QED) is 0.741. The number of methoxy groups -OCH3 is 1. The molecule has 1 aromatic rings. The first kappa shape index (κ1) is 21.6. The number of carbonyl (C=O) groups is 1. The van der Waals surface area contributed by atoms with Gasteiger partial charge in [0.25, 0.3) is 5.91 Å². The van der Waals surface area contributed by atoms with Crippen molar-refractivity contribution in [1.82, 2.24) is 9.80 Å². The number of nitrogens with zero attached hydrogens (tertiary/aromatic N) is 2. The van der Waals surface area contributed by atoms with E-state index < -0.39 is 0 Å². The van der Waals surface area contributed by atoms with Gasteiger partial charge in [0.1, 0.15) is 12.4 Å². The van der Waals surface area contributed by atoms with Crippen LogP contribution in [0.3, 0.4) is 0 Å². The fraction of sp³-hybridized carbons (Fsp3) is 0.708. The molecule has 1 aromatic carbocycles. The van der Waals surface area contributed by atoms with Gasteiger partial charge in [-0.1, -0.05) is 18.6 Å². The normalized spacial score (nSPS) is 27.8. The Morgan fingerprint density at radius 3 is 2.63 bits per heavy atom. The average Bonchev–Trinajstić information content (AvgIpc) is 2.80. The predicted molar refractivity (Wildman–Crippen MR) is 116 cm³/mol. The molecule has 2 saturated heterocycles. The van der Waals surface area contributed by atoms with Gasteiger partial charge in [-0.2, -0.15) is 0 Å². The number of para-hydroxylation sites is 1. The summed E-state index contributed by atoms with van der Waals surface area (Å²) in [5.74, 6) is 1.20. The van der Waals surface area contributed by atoms with Crippen LogP contribution < -0.4 is 4.74 Å². The van der Waals surface area contributed by atoms with Crippen molar-refractivity contribution in [2.45, 2.75) is 50.7 Å². The summed E-state index contributed by atoms with van der Waals surface area (Å²) in [6.45, 7) is 5.83. The SMILES string of the molecule is CO[C@H]1CCN2C[C@H]1CCCCN(C1CCOCC1)CCOc1ccccc1C2=O. The molecule has 0 radical (unpaired) electrons. The van der Waals surface area contributed by atoms with Crippen LogP contribution in [0.15, 0.2) is 24.3 Å². The second kappa shape index (κ2) is 10.6. The minimum atomic E-state index is 0.0866. The molecule has 2 bridgehead atoms. The molecule has 2 fully saturated rings. The van der Waals surface area contributed by atoms with Crippen molar-refractivity contribution in [3.8, 4) is 5.75 Å². The summed E-state index contributed by atoms with van der Waals surface area (Å²) in [5, 5.41) is 0. The first-order chi connectivity index (χ1) is 14.8. The molecule has 0 unspecified atom stereocenters. The molecule has 0 aromatic heterocycles. The highest BCUT2D eigenvalue weighted by Crippen LogP contribution is 2.28. The van der Waals surface area contributed by atoms with Crippen LogP contribution in [0.1, 0.15) is 48.9 Å². The number of piperidine rings is 1. The van der Waals surface area contributed by atoms with Crippen molar-refractivity contribution in [2.75, 3.05) is 53.1 Å². The van der Waals surface area contributed by atoms with E-state index in [1.54, 1.807) is 0 Å². The number of benzene rings is 1. The number of hydrogen-bond acceptors (Lipinski definition) is 5. The Morgan fingerprint density at radius 2 is 1.80 bits per heavy atom. The second-order valence-corrected chi connectivity index (χ2v) is 8.79. The highest BCUT2D eigenvalue weighted by Gasteiger charge is 2.33. The van der Waals surface area contributed by atoms with Gasteiger partial charge in [-0.3, -0.25) is 9.69 Å². The van der Waals surface area contributed by atoms with Crippen LogP contribution in [-0.4, -0.2) is 81.0 Å². The molecule has 3 aliphatic heterocycles. The Bertz CT molecular complexity index is 692. The maximum Gasteiger partial charge on any atom is 0.257 e. The van der Waals surface area contributed by atoms with Crippen LogP contribution in [0, 0.1) is 5.92 Å². The third-order valence-electron chi connectivity index (χ3n) is 6.99. The van der Waals surface area contributed by atoms with Crippen molar-refractivity contribution in [2.24, 2.45) is 5.92 Å². The zero-order valence-electron chi connectivity index (χ0n) is 18.3. The van der Waals surface area contributed by atoms with E-state index in [1.807, 2.05) is 36.3 Å². The smallest absolute Gasteiger partial charge is 0.257 e. The molecular formula is C24H36N2O4. The molecule has 0 aliphatic carbocycles. The Kier molecular flexibility index (Phi) is 7.63. The Balaban J connectivity index is 1.53. The Hall–Kier alpha value is -1.63. The first-order valence-electron chi connectivity index (χ1n) is 11.6. The van der Waals surface area contributed by atoms with Gasteiger partial charge in [0, 0.05) is 51.9 Å². The molecule has 30 heavy (non-hydrogen) atoms. The number of rotatable bonds is 2. The van der Waals surface area contributed by atoms with Crippen LogP contribution in [-0.2, 0) is 9.47 Å². The van der Waals surface area contributed by atoms with Crippen LogP contribution >= 0.6 is 0 Å². The minimum absolute atomic E-state index is 0.0866. The third-order valence-corrected chi connectivity index (χ3v) is 6.99. The third kappa shape index (κ3) is 5.16. The monoisotopic (exact) mass is 416 g/mol. The summed E-state index contributed by atoms with van der Waals surface area (Å²) in [5.41, 5.74) is 0.682. The van der Waals surface area contributed by atoms with E-state index in [2.05, 4.69) is 4.90 Å². The van der Waals surface area contributed by atoms with Gasteiger partial charge in [-0.05, 0) is 50.8 Å². The minimum Gasteiger partial charge on any atom is -0.491 e. The molecule has 166 valence electrons. The fourth-order valence-corrected chi connectivity index (χ4v) is 5.24. The number of carbonyl (C=O) groups excluding carboxylic acids is 1. The highest BCUT2D eigenvalue weighted by atomic mass is 16.5. The van der Waals surface area contributed by atoms with Gasteiger partial charge < -0.3 is 19.1 Å². The summed E-state index contributed by atoms with van der Waals surface area (Å²) in [6, 6.07) is 8.28. The van der Waals surface area contributed by atoms with Crippen molar-refractivity contribution in [3.05, 3.63) is 29.8 Å². The summed E-state index contributed by atoms with van der Waals surface area (Å²) in [6.07, 6.45) is 6.81. The topological polar surface area (TPSA) is 51.2 Å². The first-order valence-corrected chi connectivity index (χ1v) is 11.6. The van der Waals surface area contributed by atoms with Crippen LogP contribution in [0.5, 0.6) is 5.75 Å². The summed E-state index contributed by atoms with van der Waals surface area (Å²) >= 11 is 0. The van der Waals surface area contributed by atoms with Gasteiger partial charge in [-0.15, -0.1) is 0 Å². The average molecular weight is 417 g/mol. The lowest BCUT2D eigenvalue weighted by atomic mass is 9.89. The van der Waals surface area contributed by atoms with Crippen LogP contribution in [0.4, 0.5) is 0 Å². The molecule has 0 spiro atoms. The molecule has 3 aliphatic rings. The molecule has 3 heterocycles. The summed E-state index contributed by atoms with van der Waals surface area (Å²) in [7, 11) is 1.81. The molecule has 6 heteroatoms. The zero-order chi connectivity index (χ0) is 20.8. The van der Waals surface area contributed by atoms with E-state index in [0.717, 1.165) is 65.1 Å². The molecule has 0 saturated carbocycles. The Morgan fingerprint density at radius 1 is 0.967 bits per heavy atom. The van der Waals surface area contributed by atoms with E-state index in [0.29, 0.717) is 29.9 Å². The largest absolute Gasteiger partial charge is 0.491 e. The standard InChI is InChI=1S/C24H36N2O4/c1-28-22-9-13-26-18-19(22)6-4-5-12-25(20-10-15-29-16-11-20)14-17-30-23-8-3-2-7-21(23)24(26)27/h2-3,7-8,19-20,22H,4-6,9-18H2,1H3/t19-,22+/m1/s1. The maximum atomic E-state index is 13.3. The van der Waals surface area contributed by atoms with Crippen molar-refractivity contribution >= 4 is 5.91 Å². The van der Waals surface area contributed by atoms with E-state index in [-0.39, 0.29) is 12.0 Å². The number of amides is 1. The number of fused-ring (bicyclic) bond motifs is 3. The van der Waals surface area contributed by atoms with E-state index in [1.165, 1.54) is 12.8 Å². The Labute approximate surface area is 180 Å². The van der Waals surface area contributed by atoms with Gasteiger partial charge in [-0.25, -0.2) is 0 Å². The molecule has 4 rings (SSSR count). The lowest BCUT2D eigenvalue weighted by Gasteiger charge is -2.39. The summed E-state index contributed by atoms with van der Waals surface area (Å²) < 4.78 is 17.5. The maximum absolute atomic E-state index is 13.3. The zero-order valence-corrected chi connectivity index (χ0v) is 18.3. The van der Waals surface area contributed by atoms with Crippen molar-refractivity contribution < 1.29 is 19.0 Å². The van der Waals surface area contributed by atoms with Gasteiger partial charge in [0.2, 0.25) is 0 Å². The number of hydrogen-bond donors (Lipinski definition) is 0. The molecule has 6 nitrogen and oxygen atoms in total. The van der Waals surface area contributed by atoms with Gasteiger partial charge in [0.15, 0.2) is 0 Å². The van der Waals surface area contributed by atoms with E-state index >= 15 is 0 Å². The van der Waals surface area contributed by atoms with Gasteiger partial charge >= 0.3 is 0 Å². The molecule has 1 amide bonds. The predicted octanol–water partition coefficient (Wildman–Crippen LogP) is 3.21. The van der Waals surface area contributed by atoms with Crippen molar-refractivity contribution in [1.29, 1.82) is 0 Å². The number of ether oxygens (including phenoxy) is 3.